The third-order valence-corrected chi connectivity index (χ3v) is 3.91. The Morgan fingerprint density at radius 3 is 2.71 bits per heavy atom. The molecule has 0 fully saturated rings. The molecular formula is C12H15N3OS. The van der Waals surface area contributed by atoms with Gasteiger partial charge in [0.2, 0.25) is 0 Å². The van der Waals surface area contributed by atoms with Gasteiger partial charge >= 0.3 is 0 Å². The van der Waals surface area contributed by atoms with Crippen LogP contribution in [0.25, 0.3) is 0 Å². The highest BCUT2D eigenvalue weighted by Gasteiger charge is 2.26. The van der Waals surface area contributed by atoms with E-state index in [0.29, 0.717) is 0 Å². The topological polar surface area (TPSA) is 50.8 Å². The summed E-state index contributed by atoms with van der Waals surface area (Å²) in [6, 6.07) is 10.2. The van der Waals surface area contributed by atoms with Gasteiger partial charge in [0.1, 0.15) is 5.03 Å². The Bertz CT molecular complexity index is 446. The van der Waals surface area contributed by atoms with Gasteiger partial charge in [-0.3, -0.25) is 0 Å². The van der Waals surface area contributed by atoms with Crippen molar-refractivity contribution in [3.05, 3.63) is 42.1 Å². The van der Waals surface area contributed by atoms with Gasteiger partial charge < -0.3 is 4.74 Å². The lowest BCUT2D eigenvalue weighted by Crippen LogP contribution is -2.27. The van der Waals surface area contributed by atoms with Crippen molar-refractivity contribution >= 4 is 11.8 Å². The minimum absolute atomic E-state index is 0.315. The van der Waals surface area contributed by atoms with E-state index in [-0.39, 0.29) is 5.60 Å². The fraction of sp³-hybridized carbons (Fsp3) is 0.333. The smallest absolute Gasteiger partial charge is 0.138 e. The van der Waals surface area contributed by atoms with Crippen molar-refractivity contribution in [3.63, 3.8) is 0 Å². The second kappa shape index (κ2) is 5.33. The normalized spacial score (nSPS) is 14.5. The van der Waals surface area contributed by atoms with Crippen LogP contribution in [0, 0.1) is 0 Å². The first-order chi connectivity index (χ1) is 8.24. The summed E-state index contributed by atoms with van der Waals surface area (Å²) in [7, 11) is 1.73. The molecule has 0 amide bonds. The highest BCUT2D eigenvalue weighted by atomic mass is 32.2. The predicted molar refractivity (Wildman–Crippen MR) is 67.9 cm³/mol. The summed E-state index contributed by atoms with van der Waals surface area (Å²) in [5.74, 6) is 0.792. The molecule has 0 saturated carbocycles. The van der Waals surface area contributed by atoms with Crippen molar-refractivity contribution in [2.75, 3.05) is 12.9 Å². The van der Waals surface area contributed by atoms with E-state index in [0.717, 1.165) is 10.8 Å². The zero-order valence-electron chi connectivity index (χ0n) is 9.88. The average Bonchev–Trinajstić information content (AvgIpc) is 2.90. The minimum atomic E-state index is -0.315. The van der Waals surface area contributed by atoms with Crippen LogP contribution in [0.2, 0.25) is 0 Å². The molecule has 0 spiro atoms. The van der Waals surface area contributed by atoms with Gasteiger partial charge in [-0.1, -0.05) is 42.1 Å². The zero-order valence-corrected chi connectivity index (χ0v) is 10.7. The number of methoxy groups -OCH3 is 1. The third kappa shape index (κ3) is 2.87. The Kier molecular flexibility index (Phi) is 3.81. The van der Waals surface area contributed by atoms with E-state index in [1.165, 1.54) is 5.56 Å². The largest absolute Gasteiger partial charge is 0.373 e. The number of hydrogen-bond donors (Lipinski definition) is 1. The average molecular weight is 249 g/mol. The molecule has 0 radical (unpaired) electrons. The van der Waals surface area contributed by atoms with E-state index in [4.69, 9.17) is 4.74 Å². The van der Waals surface area contributed by atoms with Crippen molar-refractivity contribution in [3.8, 4) is 0 Å². The second-order valence-corrected chi connectivity index (χ2v) is 4.89. The quantitative estimate of drug-likeness (QED) is 0.827. The number of rotatable bonds is 5. The molecule has 2 aromatic rings. The summed E-state index contributed by atoms with van der Waals surface area (Å²) in [5, 5.41) is 11.3. The lowest BCUT2D eigenvalue weighted by molar-refractivity contribution is 0.0237. The molecule has 90 valence electrons. The van der Waals surface area contributed by atoms with Gasteiger partial charge in [-0.25, -0.2) is 0 Å². The van der Waals surface area contributed by atoms with Crippen LogP contribution in [0.4, 0.5) is 0 Å². The maximum atomic E-state index is 5.64. The maximum absolute atomic E-state index is 5.64. The Labute approximate surface area is 105 Å². The van der Waals surface area contributed by atoms with Crippen molar-refractivity contribution < 1.29 is 4.74 Å². The Hall–Kier alpha value is -1.33. The van der Waals surface area contributed by atoms with Crippen LogP contribution in [0.1, 0.15) is 12.5 Å². The molecule has 1 aromatic carbocycles. The Balaban J connectivity index is 2.09. The monoisotopic (exact) mass is 249 g/mol. The van der Waals surface area contributed by atoms with Crippen LogP contribution in [-0.2, 0) is 10.3 Å². The number of nitrogens with one attached hydrogen (secondary N) is 1. The lowest BCUT2D eigenvalue weighted by atomic mass is 9.98. The van der Waals surface area contributed by atoms with Crippen LogP contribution in [0.15, 0.2) is 41.6 Å². The molecule has 1 N–H and O–H groups in total. The first kappa shape index (κ1) is 12.1. The SMILES string of the molecule is CO[C@@](C)(CSc1cn[nH]n1)c1ccccc1. The Morgan fingerprint density at radius 1 is 1.35 bits per heavy atom. The van der Waals surface area contributed by atoms with Crippen LogP contribution in [-0.4, -0.2) is 28.3 Å². The van der Waals surface area contributed by atoms with Crippen LogP contribution < -0.4 is 0 Å². The number of benzene rings is 1. The lowest BCUT2D eigenvalue weighted by Gasteiger charge is -2.27. The molecule has 0 aliphatic rings. The Morgan fingerprint density at radius 2 is 2.12 bits per heavy atom. The number of hydrogen-bond acceptors (Lipinski definition) is 4. The summed E-state index contributed by atoms with van der Waals surface area (Å²) in [6.07, 6.45) is 1.71. The van der Waals surface area contributed by atoms with Crippen molar-refractivity contribution in [1.29, 1.82) is 0 Å². The van der Waals surface area contributed by atoms with Crippen molar-refractivity contribution in [1.82, 2.24) is 15.4 Å². The van der Waals surface area contributed by atoms with Crippen LogP contribution in [0.3, 0.4) is 0 Å². The molecule has 17 heavy (non-hydrogen) atoms. The molecule has 5 heteroatoms. The summed E-state index contributed by atoms with van der Waals surface area (Å²) in [5.41, 5.74) is 0.851. The number of nitrogens with zero attached hydrogens (tertiary/aromatic N) is 2. The predicted octanol–water partition coefficient (Wildman–Crippen LogP) is 2.46. The summed E-state index contributed by atoms with van der Waals surface area (Å²) >= 11 is 1.62. The van der Waals surface area contributed by atoms with Gasteiger partial charge in [-0.2, -0.15) is 10.3 Å². The molecule has 1 aromatic heterocycles. The molecule has 0 saturated heterocycles. The fourth-order valence-electron chi connectivity index (χ4n) is 1.52. The van der Waals surface area contributed by atoms with Gasteiger partial charge in [-0.05, 0) is 12.5 Å². The molecule has 2 rings (SSSR count). The van der Waals surface area contributed by atoms with Crippen molar-refractivity contribution in [2.45, 2.75) is 17.6 Å². The van der Waals surface area contributed by atoms with E-state index in [2.05, 4.69) is 34.5 Å². The van der Waals surface area contributed by atoms with E-state index >= 15 is 0 Å². The number of H-pyrrole nitrogens is 1. The highest BCUT2D eigenvalue weighted by molar-refractivity contribution is 7.99. The number of ether oxygens (including phenoxy) is 1. The number of aromatic nitrogens is 3. The van der Waals surface area contributed by atoms with E-state index in [1.54, 1.807) is 25.1 Å². The standard InChI is InChI=1S/C12H15N3OS/c1-12(16-2,10-6-4-3-5-7-10)9-17-11-8-13-15-14-11/h3-8H,9H2,1-2H3,(H,13,14,15)/t12-/m0/s1. The molecule has 0 aliphatic carbocycles. The minimum Gasteiger partial charge on any atom is -0.373 e. The molecular weight excluding hydrogens is 234 g/mol. The fourth-order valence-corrected chi connectivity index (χ4v) is 2.46. The van der Waals surface area contributed by atoms with Gasteiger partial charge in [0.25, 0.3) is 0 Å². The highest BCUT2D eigenvalue weighted by Crippen LogP contribution is 2.30. The number of thioether (sulfide) groups is 1. The maximum Gasteiger partial charge on any atom is 0.138 e. The third-order valence-electron chi connectivity index (χ3n) is 2.72. The molecule has 4 nitrogen and oxygen atoms in total. The molecule has 1 atom stereocenters. The van der Waals surface area contributed by atoms with E-state index < -0.39 is 0 Å². The first-order valence-electron chi connectivity index (χ1n) is 5.34. The second-order valence-electron chi connectivity index (χ2n) is 3.90. The molecule has 0 aliphatic heterocycles. The summed E-state index contributed by atoms with van der Waals surface area (Å²) in [6.45, 7) is 2.08. The van der Waals surface area contributed by atoms with Gasteiger partial charge in [-0.15, -0.1) is 5.10 Å². The number of aromatic amines is 1. The zero-order chi connectivity index (χ0) is 12.1. The first-order valence-corrected chi connectivity index (χ1v) is 6.32. The van der Waals surface area contributed by atoms with Gasteiger partial charge in [0.15, 0.2) is 0 Å². The van der Waals surface area contributed by atoms with Crippen LogP contribution >= 0.6 is 11.8 Å². The van der Waals surface area contributed by atoms with Crippen molar-refractivity contribution in [2.24, 2.45) is 0 Å². The van der Waals surface area contributed by atoms with E-state index in [1.807, 2.05) is 18.2 Å². The van der Waals surface area contributed by atoms with E-state index in [9.17, 15) is 0 Å². The molecule has 1 heterocycles. The van der Waals surface area contributed by atoms with Gasteiger partial charge in [0.05, 0.1) is 11.8 Å². The molecule has 0 unspecified atom stereocenters. The summed E-state index contributed by atoms with van der Waals surface area (Å²) in [4.78, 5) is 0. The molecule has 0 bridgehead atoms. The van der Waals surface area contributed by atoms with Crippen LogP contribution in [0.5, 0.6) is 0 Å². The summed E-state index contributed by atoms with van der Waals surface area (Å²) < 4.78 is 5.64. The van der Waals surface area contributed by atoms with Gasteiger partial charge in [0, 0.05) is 12.9 Å².